The topological polar surface area (TPSA) is 124 Å². The van der Waals surface area contributed by atoms with Crippen LogP contribution < -0.4 is 4.74 Å². The van der Waals surface area contributed by atoms with Gasteiger partial charge in [-0.25, -0.2) is 14.6 Å². The minimum atomic E-state index is -1.26. The number of rotatable bonds is 5. The number of benzene rings is 1. The molecule has 1 aromatic carbocycles. The van der Waals surface area contributed by atoms with Crippen molar-refractivity contribution >= 4 is 40.4 Å². The van der Waals surface area contributed by atoms with Gasteiger partial charge < -0.3 is 24.1 Å². The molecule has 1 aliphatic heterocycles. The van der Waals surface area contributed by atoms with Gasteiger partial charge in [-0.1, -0.05) is 6.07 Å². The first kappa shape index (κ1) is 23.1. The lowest BCUT2D eigenvalue weighted by Gasteiger charge is -2.22. The standard InChI is InChI=1S/C18H19N3O2S.C4H4O4/c1-11-19-7-8-21(11)9-12-10-24-18-16(17(12)22)15-13(20(18)2)5-4-6-14(15)23-3;5-3(6)1-2-4(7)8/h4-8,12H,9-10H2,1-3H3;1-2H,(H,5,6)(H,7,8)/b;2-1-. The molecule has 2 N–H and O–H groups in total. The van der Waals surface area contributed by atoms with Crippen LogP contribution in [0.5, 0.6) is 5.75 Å². The van der Waals surface area contributed by atoms with E-state index in [1.54, 1.807) is 25.1 Å². The summed E-state index contributed by atoms with van der Waals surface area (Å²) >= 11 is 1.75. The third-order valence-electron chi connectivity index (χ3n) is 5.10. The minimum absolute atomic E-state index is 0.0501. The summed E-state index contributed by atoms with van der Waals surface area (Å²) in [5.41, 5.74) is 1.85. The lowest BCUT2D eigenvalue weighted by molar-refractivity contribution is -0.134. The number of Topliss-reactive ketones (excluding diaryl/α,β-unsaturated/α-hetero) is 1. The number of carboxylic acids is 2. The van der Waals surface area contributed by atoms with E-state index in [2.05, 4.69) is 14.1 Å². The molecular weight excluding hydrogens is 434 g/mol. The second-order valence-electron chi connectivity index (χ2n) is 7.10. The molecule has 0 bridgehead atoms. The Kier molecular flexibility index (Phi) is 7.04. The number of hydrogen-bond donors (Lipinski definition) is 2. The number of fused-ring (bicyclic) bond motifs is 3. The molecule has 3 aromatic rings. The number of aryl methyl sites for hydroxylation is 2. The molecule has 0 radical (unpaired) electrons. The first-order valence-corrected chi connectivity index (χ1v) is 10.7. The fourth-order valence-electron chi connectivity index (χ4n) is 3.57. The smallest absolute Gasteiger partial charge is 0.328 e. The number of carbonyl (C=O) groups excluding carboxylic acids is 1. The summed E-state index contributed by atoms with van der Waals surface area (Å²) in [4.78, 5) is 36.6. The Hall–Kier alpha value is -3.53. The monoisotopic (exact) mass is 457 g/mol. The van der Waals surface area contributed by atoms with Gasteiger partial charge in [-0.15, -0.1) is 11.8 Å². The molecule has 0 fully saturated rings. The third-order valence-corrected chi connectivity index (χ3v) is 6.42. The van der Waals surface area contributed by atoms with Crippen LogP contribution in [-0.2, 0) is 23.2 Å². The van der Waals surface area contributed by atoms with Gasteiger partial charge >= 0.3 is 11.9 Å². The van der Waals surface area contributed by atoms with Crippen LogP contribution in [0.25, 0.3) is 10.9 Å². The zero-order valence-electron chi connectivity index (χ0n) is 17.8. The maximum absolute atomic E-state index is 13.2. The number of aliphatic carboxylic acids is 2. The van der Waals surface area contributed by atoms with Crippen LogP contribution in [0.2, 0.25) is 0 Å². The lowest BCUT2D eigenvalue weighted by Crippen LogP contribution is -2.27. The van der Waals surface area contributed by atoms with Crippen molar-refractivity contribution in [2.24, 2.45) is 13.0 Å². The highest BCUT2D eigenvalue weighted by atomic mass is 32.2. The minimum Gasteiger partial charge on any atom is -0.496 e. The molecule has 10 heteroatoms. The number of carboxylic acid groups (broad SMARTS) is 2. The van der Waals surface area contributed by atoms with Crippen molar-refractivity contribution in [3.05, 3.63) is 54.1 Å². The number of ketones is 1. The van der Waals surface area contributed by atoms with Crippen molar-refractivity contribution in [2.75, 3.05) is 12.9 Å². The molecule has 168 valence electrons. The van der Waals surface area contributed by atoms with E-state index in [9.17, 15) is 14.4 Å². The summed E-state index contributed by atoms with van der Waals surface area (Å²) in [6.07, 6.45) is 4.83. The van der Waals surface area contributed by atoms with E-state index >= 15 is 0 Å². The normalized spacial score (nSPS) is 15.3. The molecule has 2 aromatic heterocycles. The van der Waals surface area contributed by atoms with Gasteiger partial charge in [0.1, 0.15) is 11.6 Å². The van der Waals surface area contributed by atoms with Gasteiger partial charge in [0.15, 0.2) is 5.78 Å². The van der Waals surface area contributed by atoms with Gasteiger partial charge in [0, 0.05) is 49.8 Å². The SMILES string of the molecule is COc1cccc2c1c1c(n2C)SCC(Cn2ccnc2C)C1=O.O=C(O)/C=C\C(=O)O. The number of aromatic nitrogens is 3. The summed E-state index contributed by atoms with van der Waals surface area (Å²) in [6.45, 7) is 2.63. The summed E-state index contributed by atoms with van der Waals surface area (Å²) in [7, 11) is 3.67. The van der Waals surface area contributed by atoms with Crippen molar-refractivity contribution in [1.29, 1.82) is 0 Å². The Balaban J connectivity index is 0.000000312. The molecule has 0 amide bonds. The number of methoxy groups -OCH3 is 1. The van der Waals surface area contributed by atoms with Crippen molar-refractivity contribution in [3.63, 3.8) is 0 Å². The molecule has 3 heterocycles. The van der Waals surface area contributed by atoms with E-state index in [1.165, 1.54) is 0 Å². The number of hydrogen-bond acceptors (Lipinski definition) is 6. The highest BCUT2D eigenvalue weighted by Crippen LogP contribution is 2.42. The molecule has 32 heavy (non-hydrogen) atoms. The quantitative estimate of drug-likeness (QED) is 0.561. The molecule has 0 saturated heterocycles. The fourth-order valence-corrected chi connectivity index (χ4v) is 4.83. The second-order valence-corrected chi connectivity index (χ2v) is 8.11. The van der Waals surface area contributed by atoms with Crippen molar-refractivity contribution < 1.29 is 29.3 Å². The molecule has 0 spiro atoms. The Labute approximate surface area is 188 Å². The van der Waals surface area contributed by atoms with Crippen LogP contribution in [0.4, 0.5) is 0 Å². The summed E-state index contributed by atoms with van der Waals surface area (Å²) in [6, 6.07) is 5.93. The zero-order valence-corrected chi connectivity index (χ0v) is 18.6. The zero-order chi connectivity index (χ0) is 23.4. The average Bonchev–Trinajstić information content (AvgIpc) is 3.30. The first-order chi connectivity index (χ1) is 15.2. The molecule has 9 nitrogen and oxygen atoms in total. The van der Waals surface area contributed by atoms with Crippen LogP contribution in [0.3, 0.4) is 0 Å². The predicted octanol–water partition coefficient (Wildman–Crippen LogP) is 3.01. The van der Waals surface area contributed by atoms with E-state index in [1.807, 2.05) is 38.4 Å². The molecule has 1 aliphatic rings. The molecule has 0 saturated carbocycles. The third kappa shape index (κ3) is 4.70. The number of carbonyl (C=O) groups is 3. The molecule has 1 atom stereocenters. The van der Waals surface area contributed by atoms with Gasteiger partial charge in [-0.05, 0) is 19.1 Å². The highest BCUT2D eigenvalue weighted by molar-refractivity contribution is 7.99. The van der Waals surface area contributed by atoms with Crippen molar-refractivity contribution in [2.45, 2.75) is 18.5 Å². The molecular formula is C22H23N3O6S. The summed E-state index contributed by atoms with van der Waals surface area (Å²) in [5.74, 6) is 0.125. The number of thioether (sulfide) groups is 1. The predicted molar refractivity (Wildman–Crippen MR) is 119 cm³/mol. The molecule has 1 unspecified atom stereocenters. The summed E-state index contributed by atoms with van der Waals surface area (Å²) < 4.78 is 9.68. The summed E-state index contributed by atoms with van der Waals surface area (Å²) in [5, 5.41) is 17.6. The maximum Gasteiger partial charge on any atom is 0.328 e. The maximum atomic E-state index is 13.2. The highest BCUT2D eigenvalue weighted by Gasteiger charge is 2.34. The van der Waals surface area contributed by atoms with E-state index in [0.29, 0.717) is 18.7 Å². The van der Waals surface area contributed by atoms with Crippen LogP contribution in [0.15, 0.2) is 47.8 Å². The Morgan fingerprint density at radius 1 is 1.28 bits per heavy atom. The Bertz CT molecular complexity index is 1190. The number of imidazole rings is 1. The van der Waals surface area contributed by atoms with Gasteiger partial charge in [-0.2, -0.15) is 0 Å². The van der Waals surface area contributed by atoms with Crippen LogP contribution in [0.1, 0.15) is 16.2 Å². The van der Waals surface area contributed by atoms with E-state index in [0.717, 1.165) is 38.8 Å². The molecule has 4 rings (SSSR count). The second kappa shape index (κ2) is 9.73. The first-order valence-electron chi connectivity index (χ1n) is 9.68. The number of ether oxygens (including phenoxy) is 1. The van der Waals surface area contributed by atoms with Gasteiger partial charge in [-0.3, -0.25) is 4.79 Å². The largest absolute Gasteiger partial charge is 0.496 e. The van der Waals surface area contributed by atoms with E-state index < -0.39 is 11.9 Å². The van der Waals surface area contributed by atoms with Crippen molar-refractivity contribution in [3.8, 4) is 5.75 Å². The van der Waals surface area contributed by atoms with Gasteiger partial charge in [0.05, 0.1) is 28.6 Å². The van der Waals surface area contributed by atoms with Gasteiger partial charge in [0.25, 0.3) is 0 Å². The average molecular weight is 458 g/mol. The van der Waals surface area contributed by atoms with Crippen LogP contribution in [-0.4, -0.2) is 54.9 Å². The van der Waals surface area contributed by atoms with E-state index in [-0.39, 0.29) is 11.7 Å². The van der Waals surface area contributed by atoms with Crippen LogP contribution >= 0.6 is 11.8 Å². The fraction of sp³-hybridized carbons (Fsp3) is 0.273. The van der Waals surface area contributed by atoms with Crippen molar-refractivity contribution in [1.82, 2.24) is 14.1 Å². The molecule has 0 aliphatic carbocycles. The Morgan fingerprint density at radius 2 is 1.97 bits per heavy atom. The lowest BCUT2D eigenvalue weighted by atomic mass is 9.97. The van der Waals surface area contributed by atoms with Crippen LogP contribution in [0, 0.1) is 12.8 Å². The number of nitrogens with zero attached hydrogens (tertiary/aromatic N) is 3. The Morgan fingerprint density at radius 3 is 2.53 bits per heavy atom. The van der Waals surface area contributed by atoms with E-state index in [4.69, 9.17) is 14.9 Å². The van der Waals surface area contributed by atoms with Gasteiger partial charge in [0.2, 0.25) is 0 Å².